The molecule has 0 amide bonds. The van der Waals surface area contributed by atoms with Crippen LogP contribution in [0.15, 0.2) is 83.1 Å². The van der Waals surface area contributed by atoms with Crippen molar-refractivity contribution in [1.29, 1.82) is 0 Å². The van der Waals surface area contributed by atoms with Gasteiger partial charge < -0.3 is 9.47 Å². The smallest absolute Gasteiger partial charge is 0.0807 e. The molecule has 2 nitrogen and oxygen atoms in total. The number of rotatable bonds is 12. The van der Waals surface area contributed by atoms with Gasteiger partial charge in [0.15, 0.2) is 0 Å². The van der Waals surface area contributed by atoms with Crippen molar-refractivity contribution in [2.24, 2.45) is 5.41 Å². The van der Waals surface area contributed by atoms with Gasteiger partial charge in [-0.05, 0) is 49.0 Å². The Morgan fingerprint density at radius 3 is 1.68 bits per heavy atom. The van der Waals surface area contributed by atoms with Gasteiger partial charge >= 0.3 is 0 Å². The molecule has 0 radical (unpaired) electrons. The zero-order valence-electron chi connectivity index (χ0n) is 22.0. The first kappa shape index (κ1) is 26.7. The van der Waals surface area contributed by atoms with Crippen LogP contribution in [0, 0.1) is 5.41 Å². The standard InChI is InChI=1S/C31H44O2Si/c1-6-29-20-31(24-32-22-27-16-12-10-13-17-27,25-33-23-28-18-14-11-15-19-28)21-30(29)26(5)34(7-2,8-3)9-4/h6,10-19H,7-9,20-25H2,1-5H3/b29-6+,30-26-. The monoisotopic (exact) mass is 476 g/mol. The van der Waals surface area contributed by atoms with Crippen molar-refractivity contribution in [3.8, 4) is 0 Å². The Kier molecular flexibility index (Phi) is 9.93. The summed E-state index contributed by atoms with van der Waals surface area (Å²) in [6, 6.07) is 25.0. The van der Waals surface area contributed by atoms with Crippen LogP contribution < -0.4 is 0 Å². The highest BCUT2D eigenvalue weighted by molar-refractivity contribution is 6.86. The van der Waals surface area contributed by atoms with Gasteiger partial charge in [-0.1, -0.05) is 111 Å². The average Bonchev–Trinajstić information content (AvgIpc) is 3.25. The van der Waals surface area contributed by atoms with E-state index >= 15 is 0 Å². The fourth-order valence-electron chi connectivity index (χ4n) is 5.74. The SMILES string of the molecule is C/C=C1\CC(COCc2ccccc2)(COCc2ccccc2)C\C1=C(/C)[Si](CC)(CC)CC. The fraction of sp³-hybridized carbons (Fsp3) is 0.484. The van der Waals surface area contributed by atoms with Gasteiger partial charge in [-0.3, -0.25) is 0 Å². The Balaban J connectivity index is 1.83. The minimum absolute atomic E-state index is 0.00262. The summed E-state index contributed by atoms with van der Waals surface area (Å²) in [5.74, 6) is 0. The minimum Gasteiger partial charge on any atom is -0.376 e. The lowest BCUT2D eigenvalue weighted by molar-refractivity contribution is -0.0263. The lowest BCUT2D eigenvalue weighted by Gasteiger charge is -2.32. The summed E-state index contributed by atoms with van der Waals surface area (Å²) < 4.78 is 12.8. The molecule has 1 aliphatic rings. The van der Waals surface area contributed by atoms with Crippen molar-refractivity contribution in [2.75, 3.05) is 13.2 Å². The molecular weight excluding hydrogens is 432 g/mol. The topological polar surface area (TPSA) is 18.5 Å². The first-order valence-electron chi connectivity index (χ1n) is 13.1. The van der Waals surface area contributed by atoms with Crippen molar-refractivity contribution in [2.45, 2.75) is 78.8 Å². The lowest BCUT2D eigenvalue weighted by atomic mass is 9.87. The zero-order valence-corrected chi connectivity index (χ0v) is 23.0. The van der Waals surface area contributed by atoms with Crippen LogP contribution in [0.5, 0.6) is 0 Å². The van der Waals surface area contributed by atoms with Crippen molar-refractivity contribution in [3.63, 3.8) is 0 Å². The van der Waals surface area contributed by atoms with E-state index in [9.17, 15) is 0 Å². The highest BCUT2D eigenvalue weighted by Crippen LogP contribution is 2.49. The van der Waals surface area contributed by atoms with E-state index in [1.165, 1.54) is 34.8 Å². The molecule has 0 saturated heterocycles. The molecule has 184 valence electrons. The molecule has 0 atom stereocenters. The molecule has 2 aromatic rings. The number of benzene rings is 2. The molecule has 3 heteroatoms. The second kappa shape index (κ2) is 12.7. The van der Waals surface area contributed by atoms with Crippen LogP contribution in [0.3, 0.4) is 0 Å². The Bertz CT molecular complexity index is 888. The molecule has 0 N–H and O–H groups in total. The maximum atomic E-state index is 6.38. The molecule has 0 heterocycles. The molecule has 0 aliphatic heterocycles. The number of allylic oxidation sites excluding steroid dienone is 4. The van der Waals surface area contributed by atoms with Crippen molar-refractivity contribution in [3.05, 3.63) is 94.2 Å². The van der Waals surface area contributed by atoms with Crippen molar-refractivity contribution in [1.82, 2.24) is 0 Å². The van der Waals surface area contributed by atoms with E-state index < -0.39 is 8.07 Å². The molecule has 0 bridgehead atoms. The first-order chi connectivity index (χ1) is 16.5. The van der Waals surface area contributed by atoms with Crippen LogP contribution in [0.4, 0.5) is 0 Å². The van der Waals surface area contributed by atoms with Gasteiger partial charge in [-0.15, -0.1) is 0 Å². The molecule has 34 heavy (non-hydrogen) atoms. The van der Waals surface area contributed by atoms with Gasteiger partial charge in [0.2, 0.25) is 0 Å². The number of ether oxygens (including phenoxy) is 2. The minimum atomic E-state index is -1.42. The molecule has 1 saturated carbocycles. The second-order valence-electron chi connectivity index (χ2n) is 10.1. The van der Waals surface area contributed by atoms with E-state index in [0.29, 0.717) is 13.2 Å². The van der Waals surface area contributed by atoms with Crippen LogP contribution in [0.25, 0.3) is 0 Å². The quantitative estimate of drug-likeness (QED) is 0.286. The number of hydrogen-bond acceptors (Lipinski definition) is 2. The Morgan fingerprint density at radius 1 is 0.794 bits per heavy atom. The van der Waals surface area contributed by atoms with E-state index in [2.05, 4.69) is 101 Å². The van der Waals surface area contributed by atoms with Gasteiger partial charge in [0, 0.05) is 5.41 Å². The van der Waals surface area contributed by atoms with Crippen LogP contribution >= 0.6 is 0 Å². The van der Waals surface area contributed by atoms with E-state index in [0.717, 1.165) is 26.1 Å². The first-order valence-corrected chi connectivity index (χ1v) is 15.7. The van der Waals surface area contributed by atoms with Gasteiger partial charge in [0.05, 0.1) is 34.5 Å². The second-order valence-corrected chi connectivity index (χ2v) is 15.5. The predicted octanol–water partition coefficient (Wildman–Crippen LogP) is 8.51. The largest absolute Gasteiger partial charge is 0.376 e. The van der Waals surface area contributed by atoms with Crippen LogP contribution in [-0.2, 0) is 22.7 Å². The molecule has 1 fully saturated rings. The van der Waals surface area contributed by atoms with Gasteiger partial charge in [-0.25, -0.2) is 0 Å². The summed E-state index contributed by atoms with van der Waals surface area (Å²) in [4.78, 5) is 0. The lowest BCUT2D eigenvalue weighted by Crippen LogP contribution is -2.35. The Labute approximate surface area is 209 Å². The highest BCUT2D eigenvalue weighted by Gasteiger charge is 2.43. The van der Waals surface area contributed by atoms with Gasteiger partial charge in [0.1, 0.15) is 0 Å². The van der Waals surface area contributed by atoms with E-state index in [-0.39, 0.29) is 5.41 Å². The third kappa shape index (κ3) is 6.38. The molecular formula is C31H44O2Si. The summed E-state index contributed by atoms with van der Waals surface area (Å²) in [5, 5.41) is 1.72. The Morgan fingerprint density at radius 2 is 1.26 bits per heavy atom. The summed E-state index contributed by atoms with van der Waals surface area (Å²) in [5.41, 5.74) is 5.60. The molecule has 2 aromatic carbocycles. The van der Waals surface area contributed by atoms with E-state index in [4.69, 9.17) is 9.47 Å². The van der Waals surface area contributed by atoms with Crippen molar-refractivity contribution >= 4 is 8.07 Å². The molecule has 3 rings (SSSR count). The maximum absolute atomic E-state index is 6.38. The molecule has 0 unspecified atom stereocenters. The van der Waals surface area contributed by atoms with Gasteiger partial charge in [-0.2, -0.15) is 0 Å². The molecule has 0 aromatic heterocycles. The fourth-order valence-corrected chi connectivity index (χ4v) is 9.72. The normalized spacial score (nSPS) is 18.4. The maximum Gasteiger partial charge on any atom is 0.0807 e. The van der Waals surface area contributed by atoms with Crippen LogP contribution in [0.1, 0.15) is 58.6 Å². The van der Waals surface area contributed by atoms with Crippen LogP contribution in [0.2, 0.25) is 18.1 Å². The highest BCUT2D eigenvalue weighted by atomic mass is 28.3. The van der Waals surface area contributed by atoms with Gasteiger partial charge in [0.25, 0.3) is 0 Å². The van der Waals surface area contributed by atoms with E-state index in [1.807, 2.05) is 0 Å². The van der Waals surface area contributed by atoms with E-state index in [1.54, 1.807) is 10.8 Å². The van der Waals surface area contributed by atoms with Crippen LogP contribution in [-0.4, -0.2) is 21.3 Å². The average molecular weight is 477 g/mol. The molecule has 0 spiro atoms. The summed E-state index contributed by atoms with van der Waals surface area (Å²) in [7, 11) is -1.42. The third-order valence-electron chi connectivity index (χ3n) is 8.17. The summed E-state index contributed by atoms with van der Waals surface area (Å²) >= 11 is 0. The third-order valence-corrected chi connectivity index (χ3v) is 14.1. The summed E-state index contributed by atoms with van der Waals surface area (Å²) in [6.45, 7) is 14.7. The summed E-state index contributed by atoms with van der Waals surface area (Å²) in [6.07, 6.45) is 4.47. The molecule has 1 aliphatic carbocycles. The Hall–Kier alpha value is -1.94. The number of hydrogen-bond donors (Lipinski definition) is 0. The predicted molar refractivity (Wildman–Crippen MR) is 148 cm³/mol. The van der Waals surface area contributed by atoms with Crippen molar-refractivity contribution < 1.29 is 9.47 Å². The zero-order chi connectivity index (χ0) is 24.4.